The summed E-state index contributed by atoms with van der Waals surface area (Å²) in [5.74, 6) is 0.300. The molecule has 176 valence electrons. The molecular formula is C24H24ClFN6O2. The number of aromatic amines is 1. The minimum Gasteiger partial charge on any atom is -0.340 e. The lowest BCUT2D eigenvalue weighted by molar-refractivity contribution is 0.248. The Labute approximate surface area is 199 Å². The lowest BCUT2D eigenvalue weighted by atomic mass is 10.2. The molecule has 0 bridgehead atoms. The summed E-state index contributed by atoms with van der Waals surface area (Å²) in [7, 11) is 1.59. The zero-order valence-electron chi connectivity index (χ0n) is 18.7. The van der Waals surface area contributed by atoms with Gasteiger partial charge >= 0.3 is 5.69 Å². The SMILES string of the molecule is Cn1c(=O)[nH]c(=O)c2c1nc(N1CCN(Cc3ccc(Cl)cc3)CC1)n2Cc1ccc(F)cc1. The van der Waals surface area contributed by atoms with E-state index in [-0.39, 0.29) is 5.82 Å². The van der Waals surface area contributed by atoms with Crippen molar-refractivity contribution in [3.8, 4) is 0 Å². The summed E-state index contributed by atoms with van der Waals surface area (Å²) in [6.07, 6.45) is 0. The second kappa shape index (κ2) is 9.08. The smallest absolute Gasteiger partial charge is 0.329 e. The van der Waals surface area contributed by atoms with Gasteiger partial charge in [0.25, 0.3) is 5.56 Å². The molecule has 0 saturated carbocycles. The molecule has 4 aromatic rings. The number of imidazole rings is 1. The fourth-order valence-electron chi connectivity index (χ4n) is 4.34. The molecule has 0 unspecified atom stereocenters. The van der Waals surface area contributed by atoms with Gasteiger partial charge in [0.1, 0.15) is 5.82 Å². The summed E-state index contributed by atoms with van der Waals surface area (Å²) in [6.45, 7) is 4.22. The fraction of sp³-hybridized carbons (Fsp3) is 0.292. The molecule has 34 heavy (non-hydrogen) atoms. The van der Waals surface area contributed by atoms with Crippen LogP contribution in [0.5, 0.6) is 0 Å². The van der Waals surface area contributed by atoms with Crippen molar-refractivity contribution < 1.29 is 4.39 Å². The summed E-state index contributed by atoms with van der Waals surface area (Å²) in [5, 5.41) is 0.720. The Morgan fingerprint density at radius 2 is 1.56 bits per heavy atom. The van der Waals surface area contributed by atoms with Crippen molar-refractivity contribution in [3.63, 3.8) is 0 Å². The van der Waals surface area contributed by atoms with Crippen molar-refractivity contribution in [1.82, 2.24) is 24.0 Å². The average molecular weight is 483 g/mol. The van der Waals surface area contributed by atoms with Gasteiger partial charge in [-0.3, -0.25) is 23.8 Å². The quantitative estimate of drug-likeness (QED) is 0.473. The molecule has 1 aliphatic rings. The van der Waals surface area contributed by atoms with E-state index in [9.17, 15) is 14.0 Å². The number of anilines is 1. The molecule has 1 aliphatic heterocycles. The molecule has 1 fully saturated rings. The normalized spacial score (nSPS) is 14.7. The highest BCUT2D eigenvalue weighted by molar-refractivity contribution is 6.30. The molecule has 5 rings (SSSR count). The summed E-state index contributed by atoms with van der Waals surface area (Å²) < 4.78 is 16.6. The molecule has 3 heterocycles. The highest BCUT2D eigenvalue weighted by Gasteiger charge is 2.25. The molecule has 1 saturated heterocycles. The third-order valence-electron chi connectivity index (χ3n) is 6.22. The molecule has 0 atom stereocenters. The van der Waals surface area contributed by atoms with Gasteiger partial charge in [-0.2, -0.15) is 4.98 Å². The van der Waals surface area contributed by atoms with Crippen LogP contribution in [-0.2, 0) is 20.1 Å². The Morgan fingerprint density at radius 3 is 2.24 bits per heavy atom. The number of piperazine rings is 1. The third-order valence-corrected chi connectivity index (χ3v) is 6.47. The van der Waals surface area contributed by atoms with Gasteiger partial charge in [-0.15, -0.1) is 0 Å². The molecule has 2 aromatic heterocycles. The van der Waals surface area contributed by atoms with Gasteiger partial charge in [0.2, 0.25) is 5.95 Å². The second-order valence-electron chi connectivity index (χ2n) is 8.50. The van der Waals surface area contributed by atoms with Crippen LogP contribution in [0.3, 0.4) is 0 Å². The molecule has 0 aliphatic carbocycles. The second-order valence-corrected chi connectivity index (χ2v) is 8.94. The Morgan fingerprint density at radius 1 is 0.941 bits per heavy atom. The van der Waals surface area contributed by atoms with Gasteiger partial charge in [0, 0.05) is 44.8 Å². The van der Waals surface area contributed by atoms with Crippen molar-refractivity contribution >= 4 is 28.7 Å². The van der Waals surface area contributed by atoms with Crippen LogP contribution in [0.2, 0.25) is 5.02 Å². The number of nitrogens with zero attached hydrogens (tertiary/aromatic N) is 5. The number of rotatable bonds is 5. The third kappa shape index (κ3) is 4.36. The van der Waals surface area contributed by atoms with Crippen molar-refractivity contribution in [3.05, 3.63) is 91.3 Å². The monoisotopic (exact) mass is 482 g/mol. The molecule has 1 N–H and O–H groups in total. The van der Waals surface area contributed by atoms with Crippen LogP contribution in [0.15, 0.2) is 58.1 Å². The largest absolute Gasteiger partial charge is 0.340 e. The van der Waals surface area contributed by atoms with Crippen LogP contribution >= 0.6 is 11.6 Å². The van der Waals surface area contributed by atoms with Crippen LogP contribution < -0.4 is 16.1 Å². The highest BCUT2D eigenvalue weighted by Crippen LogP contribution is 2.23. The molecule has 0 spiro atoms. The van der Waals surface area contributed by atoms with E-state index < -0.39 is 11.2 Å². The highest BCUT2D eigenvalue weighted by atomic mass is 35.5. The number of H-pyrrole nitrogens is 1. The zero-order chi connectivity index (χ0) is 23.8. The first-order valence-electron chi connectivity index (χ1n) is 11.0. The first kappa shape index (κ1) is 22.4. The van der Waals surface area contributed by atoms with Crippen LogP contribution in [0, 0.1) is 5.82 Å². The van der Waals surface area contributed by atoms with Crippen LogP contribution in [0.1, 0.15) is 11.1 Å². The van der Waals surface area contributed by atoms with E-state index in [1.54, 1.807) is 19.2 Å². The van der Waals surface area contributed by atoms with Crippen molar-refractivity contribution in [2.24, 2.45) is 7.05 Å². The lowest BCUT2D eigenvalue weighted by Crippen LogP contribution is -2.46. The average Bonchev–Trinajstić information content (AvgIpc) is 3.21. The van der Waals surface area contributed by atoms with Gasteiger partial charge in [0.05, 0.1) is 6.54 Å². The van der Waals surface area contributed by atoms with E-state index in [1.807, 2.05) is 28.8 Å². The maximum atomic E-state index is 13.4. The summed E-state index contributed by atoms with van der Waals surface area (Å²) in [6, 6.07) is 14.0. The fourth-order valence-corrected chi connectivity index (χ4v) is 4.47. The summed E-state index contributed by atoms with van der Waals surface area (Å²) in [5.41, 5.74) is 1.68. The minimum absolute atomic E-state index is 0.323. The Hall–Kier alpha value is -3.43. The first-order chi connectivity index (χ1) is 16.4. The molecule has 10 heteroatoms. The molecule has 2 aromatic carbocycles. The molecule has 0 amide bonds. The van der Waals surface area contributed by atoms with Crippen LogP contribution in [0.25, 0.3) is 11.2 Å². The van der Waals surface area contributed by atoms with Gasteiger partial charge < -0.3 is 4.90 Å². The van der Waals surface area contributed by atoms with Crippen molar-refractivity contribution in [2.75, 3.05) is 31.1 Å². The minimum atomic E-state index is -0.511. The van der Waals surface area contributed by atoms with Gasteiger partial charge in [-0.25, -0.2) is 9.18 Å². The Bertz CT molecular complexity index is 1430. The number of nitrogens with one attached hydrogen (secondary N) is 1. The maximum absolute atomic E-state index is 13.4. The number of aryl methyl sites for hydroxylation is 1. The van der Waals surface area contributed by atoms with E-state index in [1.165, 1.54) is 22.3 Å². The van der Waals surface area contributed by atoms with E-state index >= 15 is 0 Å². The van der Waals surface area contributed by atoms with Crippen molar-refractivity contribution in [2.45, 2.75) is 13.1 Å². The maximum Gasteiger partial charge on any atom is 0.329 e. The van der Waals surface area contributed by atoms with Crippen molar-refractivity contribution in [1.29, 1.82) is 0 Å². The molecular weight excluding hydrogens is 459 g/mol. The van der Waals surface area contributed by atoms with E-state index in [0.29, 0.717) is 36.7 Å². The van der Waals surface area contributed by atoms with Gasteiger partial charge in [0.15, 0.2) is 11.2 Å². The van der Waals surface area contributed by atoms with Crippen LogP contribution in [0.4, 0.5) is 10.3 Å². The topological polar surface area (TPSA) is 79.2 Å². The molecule has 0 radical (unpaired) electrons. The number of fused-ring (bicyclic) bond motifs is 1. The predicted octanol–water partition coefficient (Wildman–Crippen LogP) is 2.59. The van der Waals surface area contributed by atoms with Gasteiger partial charge in [-0.05, 0) is 35.4 Å². The van der Waals surface area contributed by atoms with E-state index in [2.05, 4.69) is 14.8 Å². The number of hydrogen-bond acceptors (Lipinski definition) is 5. The predicted molar refractivity (Wildman–Crippen MR) is 130 cm³/mol. The Kier molecular flexibility index (Phi) is 5.97. The summed E-state index contributed by atoms with van der Waals surface area (Å²) >= 11 is 5.99. The number of halogens is 2. The number of hydrogen-bond donors (Lipinski definition) is 1. The lowest BCUT2D eigenvalue weighted by Gasteiger charge is -2.35. The number of aromatic nitrogens is 4. The van der Waals surface area contributed by atoms with E-state index in [4.69, 9.17) is 16.6 Å². The Balaban J connectivity index is 1.45. The zero-order valence-corrected chi connectivity index (χ0v) is 19.4. The van der Waals surface area contributed by atoms with Gasteiger partial charge in [-0.1, -0.05) is 35.9 Å². The van der Waals surface area contributed by atoms with Crippen LogP contribution in [-0.4, -0.2) is 50.2 Å². The standard InChI is InChI=1S/C24H24ClFN6O2/c1-29-21-20(22(33)28-24(29)34)32(15-17-4-8-19(26)9-5-17)23(27-21)31-12-10-30(11-13-31)14-16-2-6-18(25)7-3-16/h2-9H,10-15H2,1H3,(H,28,33,34). The van der Waals surface area contributed by atoms with E-state index in [0.717, 1.165) is 30.2 Å². The summed E-state index contributed by atoms with van der Waals surface area (Å²) in [4.78, 5) is 36.5. The molecule has 8 nitrogen and oxygen atoms in total. The first-order valence-corrected chi connectivity index (χ1v) is 11.4. The number of benzene rings is 2.